The Hall–Kier alpha value is -2.42. The molecule has 0 aliphatic rings. The number of nitrogens with zero attached hydrogens (tertiary/aromatic N) is 1. The maximum Gasteiger partial charge on any atom is 0.244 e. The van der Waals surface area contributed by atoms with Crippen molar-refractivity contribution < 1.29 is 4.79 Å². The number of amides is 1. The highest BCUT2D eigenvalue weighted by molar-refractivity contribution is 5.79. The lowest BCUT2D eigenvalue weighted by Gasteiger charge is -2.00. The van der Waals surface area contributed by atoms with Gasteiger partial charge in [0.2, 0.25) is 5.91 Å². The summed E-state index contributed by atoms with van der Waals surface area (Å²) >= 11 is 0. The highest BCUT2D eigenvalue weighted by Crippen LogP contribution is 1.99. The summed E-state index contributed by atoms with van der Waals surface area (Å²) in [6.45, 7) is 0. The van der Waals surface area contributed by atoms with Gasteiger partial charge < -0.3 is 0 Å². The molecule has 2 aromatic rings. The lowest BCUT2D eigenvalue weighted by Crippen LogP contribution is -2.19. The molecule has 0 aliphatic carbocycles. The lowest BCUT2D eigenvalue weighted by atomic mass is 10.1. The molecule has 0 spiro atoms. The van der Waals surface area contributed by atoms with Gasteiger partial charge in [-0.1, -0.05) is 60.7 Å². The van der Waals surface area contributed by atoms with Crippen molar-refractivity contribution >= 4 is 12.1 Å². The molecule has 0 bridgehead atoms. The molecule has 1 N–H and O–H groups in total. The molecule has 0 saturated heterocycles. The monoisotopic (exact) mass is 252 g/mol. The van der Waals surface area contributed by atoms with Crippen LogP contribution in [0, 0.1) is 0 Å². The summed E-state index contributed by atoms with van der Waals surface area (Å²) in [4.78, 5) is 11.6. The number of hydrogen-bond acceptors (Lipinski definition) is 2. The fraction of sp³-hybridized carbons (Fsp3) is 0.125. The van der Waals surface area contributed by atoms with Crippen molar-refractivity contribution in [2.75, 3.05) is 0 Å². The number of nitrogens with one attached hydrogen (secondary N) is 1. The standard InChI is InChI=1S/C16H16N2O/c19-16(13-15-9-5-2-6-10-15)18-17-12-11-14-7-3-1-4-8-14/h1-10,12H,11,13H2,(H,18,19)/b17-12-. The zero-order chi connectivity index (χ0) is 13.3. The zero-order valence-electron chi connectivity index (χ0n) is 10.6. The predicted molar refractivity (Wildman–Crippen MR) is 76.9 cm³/mol. The fourth-order valence-corrected chi connectivity index (χ4v) is 1.70. The molecular formula is C16H16N2O. The van der Waals surface area contributed by atoms with Crippen LogP contribution in [0.5, 0.6) is 0 Å². The summed E-state index contributed by atoms with van der Waals surface area (Å²) < 4.78 is 0. The van der Waals surface area contributed by atoms with Crippen molar-refractivity contribution in [1.82, 2.24) is 5.43 Å². The van der Waals surface area contributed by atoms with E-state index in [2.05, 4.69) is 10.5 Å². The molecular weight excluding hydrogens is 236 g/mol. The third kappa shape index (κ3) is 4.76. The molecule has 0 aliphatic heterocycles. The van der Waals surface area contributed by atoms with Crippen LogP contribution in [0.4, 0.5) is 0 Å². The van der Waals surface area contributed by atoms with E-state index in [0.29, 0.717) is 12.8 Å². The highest BCUT2D eigenvalue weighted by Gasteiger charge is 2.00. The van der Waals surface area contributed by atoms with E-state index >= 15 is 0 Å². The van der Waals surface area contributed by atoms with Gasteiger partial charge in [0.05, 0.1) is 6.42 Å². The van der Waals surface area contributed by atoms with E-state index in [1.54, 1.807) is 6.21 Å². The number of carbonyl (C=O) groups is 1. The lowest BCUT2D eigenvalue weighted by molar-refractivity contribution is -0.120. The SMILES string of the molecule is O=C(Cc1ccccc1)N/N=C\Cc1ccccc1. The molecule has 19 heavy (non-hydrogen) atoms. The van der Waals surface area contributed by atoms with Crippen LogP contribution in [-0.2, 0) is 17.6 Å². The van der Waals surface area contributed by atoms with E-state index < -0.39 is 0 Å². The van der Waals surface area contributed by atoms with Crippen molar-refractivity contribution in [3.63, 3.8) is 0 Å². The summed E-state index contributed by atoms with van der Waals surface area (Å²) in [5.41, 5.74) is 4.69. The molecule has 2 rings (SSSR count). The van der Waals surface area contributed by atoms with Gasteiger partial charge in [0.1, 0.15) is 0 Å². The van der Waals surface area contributed by atoms with Crippen LogP contribution in [0.15, 0.2) is 65.8 Å². The summed E-state index contributed by atoms with van der Waals surface area (Å²) in [6.07, 6.45) is 2.77. The van der Waals surface area contributed by atoms with Crippen LogP contribution in [0.2, 0.25) is 0 Å². The second-order valence-corrected chi connectivity index (χ2v) is 4.20. The Kier molecular flexibility index (Phi) is 4.87. The van der Waals surface area contributed by atoms with Crippen molar-refractivity contribution in [2.24, 2.45) is 5.10 Å². The van der Waals surface area contributed by atoms with Crippen LogP contribution in [0.1, 0.15) is 11.1 Å². The quantitative estimate of drug-likeness (QED) is 0.645. The second-order valence-electron chi connectivity index (χ2n) is 4.20. The molecule has 0 unspecified atom stereocenters. The minimum absolute atomic E-state index is 0.101. The van der Waals surface area contributed by atoms with E-state index in [4.69, 9.17) is 0 Å². The first kappa shape index (κ1) is 13.0. The second kappa shape index (κ2) is 7.11. The molecule has 3 heteroatoms. The zero-order valence-corrected chi connectivity index (χ0v) is 10.6. The first-order valence-electron chi connectivity index (χ1n) is 6.23. The van der Waals surface area contributed by atoms with Crippen LogP contribution in [0.25, 0.3) is 0 Å². The van der Waals surface area contributed by atoms with Gasteiger partial charge in [0, 0.05) is 12.6 Å². The summed E-state index contributed by atoms with van der Waals surface area (Å²) in [7, 11) is 0. The predicted octanol–water partition coefficient (Wildman–Crippen LogP) is 2.57. The van der Waals surface area contributed by atoms with Gasteiger partial charge in [-0.05, 0) is 11.1 Å². The smallest absolute Gasteiger partial charge is 0.244 e. The van der Waals surface area contributed by atoms with Gasteiger partial charge in [-0.25, -0.2) is 5.43 Å². The Balaban J connectivity index is 1.75. The molecule has 3 nitrogen and oxygen atoms in total. The van der Waals surface area contributed by atoms with E-state index in [0.717, 1.165) is 5.56 Å². The summed E-state index contributed by atoms with van der Waals surface area (Å²) in [5, 5.41) is 3.94. The van der Waals surface area contributed by atoms with Gasteiger partial charge in [-0.3, -0.25) is 4.79 Å². The van der Waals surface area contributed by atoms with E-state index in [1.165, 1.54) is 5.56 Å². The molecule has 0 heterocycles. The maximum atomic E-state index is 11.6. The van der Waals surface area contributed by atoms with Crippen molar-refractivity contribution in [3.05, 3.63) is 71.8 Å². The summed E-state index contributed by atoms with van der Waals surface area (Å²) in [5.74, 6) is -0.101. The minimum atomic E-state index is -0.101. The first-order chi connectivity index (χ1) is 9.34. The van der Waals surface area contributed by atoms with Gasteiger partial charge in [0.15, 0.2) is 0 Å². The molecule has 0 fully saturated rings. The van der Waals surface area contributed by atoms with Crippen molar-refractivity contribution in [3.8, 4) is 0 Å². The largest absolute Gasteiger partial charge is 0.273 e. The number of hydrazone groups is 1. The number of benzene rings is 2. The van der Waals surface area contributed by atoms with Gasteiger partial charge >= 0.3 is 0 Å². The van der Waals surface area contributed by atoms with Gasteiger partial charge in [0.25, 0.3) is 0 Å². The molecule has 1 amide bonds. The molecule has 0 radical (unpaired) electrons. The molecule has 0 aromatic heterocycles. The average molecular weight is 252 g/mol. The minimum Gasteiger partial charge on any atom is -0.273 e. The van der Waals surface area contributed by atoms with Crippen molar-refractivity contribution in [2.45, 2.75) is 12.8 Å². The number of rotatable bonds is 5. The normalized spacial score (nSPS) is 10.5. The van der Waals surface area contributed by atoms with E-state index in [-0.39, 0.29) is 5.91 Å². The van der Waals surface area contributed by atoms with Crippen molar-refractivity contribution in [1.29, 1.82) is 0 Å². The Labute approximate surface area is 113 Å². The molecule has 2 aromatic carbocycles. The Bertz CT molecular complexity index is 535. The van der Waals surface area contributed by atoms with E-state index in [1.807, 2.05) is 60.7 Å². The van der Waals surface area contributed by atoms with Crippen LogP contribution in [0.3, 0.4) is 0 Å². The van der Waals surface area contributed by atoms with Crippen LogP contribution < -0.4 is 5.43 Å². The third-order valence-electron chi connectivity index (χ3n) is 2.66. The molecule has 0 atom stereocenters. The topological polar surface area (TPSA) is 41.5 Å². The van der Waals surface area contributed by atoms with E-state index in [9.17, 15) is 4.79 Å². The van der Waals surface area contributed by atoms with Crippen LogP contribution in [-0.4, -0.2) is 12.1 Å². The van der Waals surface area contributed by atoms with Gasteiger partial charge in [-0.15, -0.1) is 0 Å². The van der Waals surface area contributed by atoms with Crippen LogP contribution >= 0.6 is 0 Å². The third-order valence-corrected chi connectivity index (χ3v) is 2.66. The molecule has 96 valence electrons. The Morgan fingerprint density at radius 3 is 2.16 bits per heavy atom. The number of hydrogen-bond donors (Lipinski definition) is 1. The fourth-order valence-electron chi connectivity index (χ4n) is 1.70. The summed E-state index contributed by atoms with van der Waals surface area (Å²) in [6, 6.07) is 19.6. The first-order valence-corrected chi connectivity index (χ1v) is 6.23. The Morgan fingerprint density at radius 2 is 1.53 bits per heavy atom. The van der Waals surface area contributed by atoms with Gasteiger partial charge in [-0.2, -0.15) is 5.10 Å². The maximum absolute atomic E-state index is 11.6. The molecule has 0 saturated carbocycles. The highest BCUT2D eigenvalue weighted by atomic mass is 16.2. The average Bonchev–Trinajstić information content (AvgIpc) is 2.46. The Morgan fingerprint density at radius 1 is 0.947 bits per heavy atom. The number of carbonyl (C=O) groups excluding carboxylic acids is 1.